The van der Waals surface area contributed by atoms with Crippen molar-refractivity contribution in [2.24, 2.45) is 5.73 Å². The van der Waals surface area contributed by atoms with Crippen LogP contribution in [0.25, 0.3) is 11.1 Å². The quantitative estimate of drug-likeness (QED) is 0.126. The third-order valence-corrected chi connectivity index (χ3v) is 8.57. The van der Waals surface area contributed by atoms with Gasteiger partial charge in [-0.05, 0) is 60.6 Å². The molecule has 1 saturated heterocycles. The van der Waals surface area contributed by atoms with Crippen molar-refractivity contribution in [1.82, 2.24) is 10.6 Å². The van der Waals surface area contributed by atoms with Crippen LogP contribution in [-0.4, -0.2) is 101 Å². The average Bonchev–Trinajstić information content (AvgIpc) is 3.02. The van der Waals surface area contributed by atoms with Gasteiger partial charge in [-0.2, -0.15) is 11.8 Å². The molecule has 2 aromatic carbocycles. The van der Waals surface area contributed by atoms with Crippen molar-refractivity contribution < 1.29 is 39.2 Å². The Morgan fingerprint density at radius 2 is 1.72 bits per heavy atom. The molecule has 7 N–H and O–H groups in total. The van der Waals surface area contributed by atoms with Crippen LogP contribution in [0.3, 0.4) is 0 Å². The zero-order valence-electron chi connectivity index (χ0n) is 24.6. The molecule has 0 aromatic heterocycles. The Morgan fingerprint density at radius 1 is 1.07 bits per heavy atom. The molecule has 12 heteroatoms. The van der Waals surface area contributed by atoms with Crippen LogP contribution in [0.1, 0.15) is 43.0 Å². The van der Waals surface area contributed by atoms with Crippen LogP contribution in [0.2, 0.25) is 0 Å². The Hall–Kier alpha value is -3.00. The summed E-state index contributed by atoms with van der Waals surface area (Å²) < 4.78 is 11.2. The fourth-order valence-corrected chi connectivity index (χ4v) is 6.10. The summed E-state index contributed by atoms with van der Waals surface area (Å²) >= 11 is 1.68. The minimum Gasteiger partial charge on any atom is -0.467 e. The number of methoxy groups -OCH3 is 1. The number of aliphatic hydroxyl groups excluding tert-OH is 3. The summed E-state index contributed by atoms with van der Waals surface area (Å²) in [6.07, 6.45) is -4.48. The number of benzene rings is 2. The molecule has 0 radical (unpaired) electrons. The van der Waals surface area contributed by atoms with E-state index >= 15 is 0 Å². The van der Waals surface area contributed by atoms with E-state index in [1.165, 1.54) is 14.0 Å². The van der Waals surface area contributed by atoms with Gasteiger partial charge in [-0.15, -0.1) is 0 Å². The van der Waals surface area contributed by atoms with Crippen LogP contribution < -0.4 is 16.4 Å². The SMILES string of the molecule is COC(=O)[C@@]1(CCCSCCCN)C[C@@H](O)[C@@H](NC(C)=O)C([C@H](O)[C@H](O)CNC(=O)c2ccc(-c3ccccc3)cc2)O1. The lowest BCUT2D eigenvalue weighted by molar-refractivity contribution is -0.231. The lowest BCUT2D eigenvalue weighted by atomic mass is 9.81. The van der Waals surface area contributed by atoms with E-state index in [0.717, 1.165) is 23.3 Å². The fraction of sp³-hybridized carbons (Fsp3) is 0.516. The van der Waals surface area contributed by atoms with E-state index in [1.807, 2.05) is 42.5 Å². The number of nitrogens with one attached hydrogen (secondary N) is 2. The summed E-state index contributed by atoms with van der Waals surface area (Å²) in [7, 11) is 1.21. The molecule has 1 fully saturated rings. The fourth-order valence-electron chi connectivity index (χ4n) is 5.17. The lowest BCUT2D eigenvalue weighted by Gasteiger charge is -2.47. The van der Waals surface area contributed by atoms with Gasteiger partial charge in [0.15, 0.2) is 5.60 Å². The molecule has 0 bridgehead atoms. The number of ether oxygens (including phenoxy) is 2. The smallest absolute Gasteiger partial charge is 0.338 e. The molecule has 1 unspecified atom stereocenters. The topological polar surface area (TPSA) is 180 Å². The molecule has 6 atom stereocenters. The first-order valence-electron chi connectivity index (χ1n) is 14.4. The lowest BCUT2D eigenvalue weighted by Crippen LogP contribution is -2.67. The van der Waals surface area contributed by atoms with Crippen LogP contribution >= 0.6 is 11.8 Å². The molecule has 236 valence electrons. The zero-order valence-corrected chi connectivity index (χ0v) is 25.4. The van der Waals surface area contributed by atoms with Gasteiger partial charge in [-0.1, -0.05) is 42.5 Å². The van der Waals surface area contributed by atoms with Crippen molar-refractivity contribution in [3.05, 3.63) is 60.2 Å². The molecule has 0 spiro atoms. The summed E-state index contributed by atoms with van der Waals surface area (Å²) in [5.74, 6) is -0.106. The molecule has 2 aromatic rings. The normalized spacial score (nSPS) is 23.2. The third kappa shape index (κ3) is 9.49. The molecular formula is C31H43N3O8S. The first kappa shape index (κ1) is 34.5. The van der Waals surface area contributed by atoms with Gasteiger partial charge in [0, 0.05) is 25.5 Å². The Labute approximate surface area is 256 Å². The second-order valence-corrected chi connectivity index (χ2v) is 11.9. The number of carbonyl (C=O) groups excluding carboxylic acids is 3. The second-order valence-electron chi connectivity index (χ2n) is 10.6. The number of nitrogens with two attached hydrogens (primary N) is 1. The summed E-state index contributed by atoms with van der Waals surface area (Å²) in [4.78, 5) is 37.7. The van der Waals surface area contributed by atoms with Gasteiger partial charge < -0.3 is 41.2 Å². The maximum absolute atomic E-state index is 13.0. The van der Waals surface area contributed by atoms with Gasteiger partial charge in [0.2, 0.25) is 5.91 Å². The number of thioether (sulfide) groups is 1. The summed E-state index contributed by atoms with van der Waals surface area (Å²) in [5.41, 5.74) is 6.24. The van der Waals surface area contributed by atoms with Gasteiger partial charge in [-0.3, -0.25) is 9.59 Å². The highest BCUT2D eigenvalue weighted by atomic mass is 32.2. The molecule has 2 amide bonds. The van der Waals surface area contributed by atoms with E-state index in [0.29, 0.717) is 24.3 Å². The molecule has 11 nitrogen and oxygen atoms in total. The van der Waals surface area contributed by atoms with Crippen molar-refractivity contribution in [3.63, 3.8) is 0 Å². The Balaban J connectivity index is 1.70. The number of amides is 2. The summed E-state index contributed by atoms with van der Waals surface area (Å²) in [6.45, 7) is 1.48. The van der Waals surface area contributed by atoms with Crippen molar-refractivity contribution in [1.29, 1.82) is 0 Å². The van der Waals surface area contributed by atoms with Gasteiger partial charge in [-0.25, -0.2) is 4.79 Å². The average molecular weight is 618 g/mol. The van der Waals surface area contributed by atoms with E-state index < -0.39 is 53.8 Å². The Bertz CT molecular complexity index is 1190. The first-order valence-corrected chi connectivity index (χ1v) is 15.6. The molecule has 43 heavy (non-hydrogen) atoms. The number of rotatable bonds is 15. The number of carbonyl (C=O) groups is 3. The Kier molecular flexibility index (Phi) is 13.4. The van der Waals surface area contributed by atoms with E-state index in [9.17, 15) is 29.7 Å². The van der Waals surface area contributed by atoms with Gasteiger partial charge >= 0.3 is 5.97 Å². The molecule has 0 aliphatic carbocycles. The van der Waals surface area contributed by atoms with E-state index in [2.05, 4.69) is 10.6 Å². The highest BCUT2D eigenvalue weighted by Gasteiger charge is 2.54. The minimum atomic E-state index is -1.68. The van der Waals surface area contributed by atoms with Crippen molar-refractivity contribution in [2.75, 3.05) is 31.7 Å². The maximum Gasteiger partial charge on any atom is 0.338 e. The predicted molar refractivity (Wildman–Crippen MR) is 164 cm³/mol. The van der Waals surface area contributed by atoms with Crippen molar-refractivity contribution in [3.8, 4) is 11.1 Å². The van der Waals surface area contributed by atoms with E-state index in [4.69, 9.17) is 15.2 Å². The van der Waals surface area contributed by atoms with Gasteiger partial charge in [0.1, 0.15) is 12.2 Å². The first-order chi connectivity index (χ1) is 20.6. The van der Waals surface area contributed by atoms with E-state index in [1.54, 1.807) is 23.9 Å². The van der Waals surface area contributed by atoms with Crippen LogP contribution in [0.5, 0.6) is 0 Å². The zero-order chi connectivity index (χ0) is 31.4. The standard InChI is InChI=1S/C31H43N3O8S/c1-20(35)34-26-24(36)18-31(30(40)41-2,14-6-16-43-17-7-15-32)42-28(26)27(38)25(37)19-33-29(39)23-12-10-22(11-13-23)21-8-4-3-5-9-21/h3-5,8-13,24-28,36-38H,6-7,14-19,32H2,1-2H3,(H,33,39)(H,34,35)/t24-,25-,26-,27-,28?,31-/m1/s1. The van der Waals surface area contributed by atoms with Crippen LogP contribution in [0.4, 0.5) is 0 Å². The monoisotopic (exact) mass is 617 g/mol. The predicted octanol–water partition coefficient (Wildman–Crippen LogP) is 1.23. The molecule has 3 rings (SSSR count). The van der Waals surface area contributed by atoms with E-state index in [-0.39, 0.29) is 19.4 Å². The van der Waals surface area contributed by atoms with Crippen LogP contribution in [0.15, 0.2) is 54.6 Å². The highest BCUT2D eigenvalue weighted by molar-refractivity contribution is 7.99. The van der Waals surface area contributed by atoms with Gasteiger partial charge in [0.25, 0.3) is 5.91 Å². The number of hydrogen-bond acceptors (Lipinski definition) is 10. The molecule has 1 heterocycles. The Morgan fingerprint density at radius 3 is 2.35 bits per heavy atom. The molecule has 0 saturated carbocycles. The van der Waals surface area contributed by atoms with Crippen molar-refractivity contribution in [2.45, 2.75) is 68.7 Å². The van der Waals surface area contributed by atoms with Gasteiger partial charge in [0.05, 0.1) is 25.4 Å². The van der Waals surface area contributed by atoms with Crippen LogP contribution in [0, 0.1) is 0 Å². The second kappa shape index (κ2) is 16.7. The largest absolute Gasteiger partial charge is 0.467 e. The van der Waals surface area contributed by atoms with Crippen LogP contribution in [-0.2, 0) is 19.1 Å². The summed E-state index contributed by atoms with van der Waals surface area (Å²) in [5, 5.41) is 38.3. The summed E-state index contributed by atoms with van der Waals surface area (Å²) in [6, 6.07) is 15.5. The highest BCUT2D eigenvalue weighted by Crippen LogP contribution is 2.36. The maximum atomic E-state index is 13.0. The molecule has 1 aliphatic rings. The minimum absolute atomic E-state index is 0.173. The molecular weight excluding hydrogens is 574 g/mol. The number of hydrogen-bond donors (Lipinski definition) is 6. The number of aliphatic hydroxyl groups is 3. The number of esters is 1. The van der Waals surface area contributed by atoms with Crippen molar-refractivity contribution >= 4 is 29.5 Å². The third-order valence-electron chi connectivity index (χ3n) is 7.42. The molecule has 1 aliphatic heterocycles.